The van der Waals surface area contributed by atoms with Gasteiger partial charge in [-0.1, -0.05) is 6.07 Å². The molecule has 0 atom stereocenters. The van der Waals surface area contributed by atoms with Gasteiger partial charge in [-0.05, 0) is 43.9 Å². The lowest BCUT2D eigenvalue weighted by atomic mass is 9.86. The molecule has 7 heteroatoms. The van der Waals surface area contributed by atoms with E-state index in [1.54, 1.807) is 24.3 Å². The smallest absolute Gasteiger partial charge is 0.343 e. The highest BCUT2D eigenvalue weighted by Crippen LogP contribution is 2.24. The van der Waals surface area contributed by atoms with Gasteiger partial charge in [-0.2, -0.15) is 0 Å². The number of esters is 1. The Labute approximate surface area is 139 Å². The minimum atomic E-state index is -0.768. The fourth-order valence-electron chi connectivity index (χ4n) is 2.68. The molecule has 2 N–H and O–H groups in total. The first-order chi connectivity index (χ1) is 11.5. The Morgan fingerprint density at radius 3 is 2.54 bits per heavy atom. The predicted octanol–water partition coefficient (Wildman–Crippen LogP) is 1.61. The van der Waals surface area contributed by atoms with Crippen LogP contribution < -0.4 is 10.1 Å². The summed E-state index contributed by atoms with van der Waals surface area (Å²) in [5.74, 6) is -1.41. The standard InChI is InChI=1S/C17H21NO6/c1-23-15(19)10-24-14-4-2-3-12(9-14)16(20)18-13-7-5-11(6-8-13)17(21)22/h2-4,9,11,13H,5-8,10H2,1H3,(H,18,20)(H,21,22). The van der Waals surface area contributed by atoms with Crippen molar-refractivity contribution in [1.82, 2.24) is 5.32 Å². The summed E-state index contributed by atoms with van der Waals surface area (Å²) in [6.07, 6.45) is 2.45. The molecule has 0 radical (unpaired) electrons. The summed E-state index contributed by atoms with van der Waals surface area (Å²) >= 11 is 0. The van der Waals surface area contributed by atoms with Crippen molar-refractivity contribution < 1.29 is 29.0 Å². The number of hydrogen-bond acceptors (Lipinski definition) is 5. The first-order valence-electron chi connectivity index (χ1n) is 7.83. The van der Waals surface area contributed by atoms with Gasteiger partial charge in [-0.15, -0.1) is 0 Å². The van der Waals surface area contributed by atoms with E-state index in [-0.39, 0.29) is 24.5 Å². The van der Waals surface area contributed by atoms with Crippen LogP contribution in [0.5, 0.6) is 5.75 Å². The van der Waals surface area contributed by atoms with E-state index in [1.807, 2.05) is 0 Å². The highest BCUT2D eigenvalue weighted by Gasteiger charge is 2.26. The van der Waals surface area contributed by atoms with Gasteiger partial charge in [0, 0.05) is 11.6 Å². The van der Waals surface area contributed by atoms with Gasteiger partial charge in [-0.3, -0.25) is 9.59 Å². The third kappa shape index (κ3) is 4.97. The van der Waals surface area contributed by atoms with Crippen LogP contribution in [-0.2, 0) is 14.3 Å². The molecule has 1 aliphatic carbocycles. The summed E-state index contributed by atoms with van der Waals surface area (Å²) in [7, 11) is 1.27. The summed E-state index contributed by atoms with van der Waals surface area (Å²) < 4.78 is 9.75. The van der Waals surface area contributed by atoms with E-state index in [0.717, 1.165) is 0 Å². The number of carbonyl (C=O) groups is 3. The molecule has 0 aliphatic heterocycles. The van der Waals surface area contributed by atoms with Crippen molar-refractivity contribution in [2.45, 2.75) is 31.7 Å². The fourth-order valence-corrected chi connectivity index (χ4v) is 2.68. The molecule has 0 spiro atoms. The number of carbonyl (C=O) groups excluding carboxylic acids is 2. The van der Waals surface area contributed by atoms with Crippen molar-refractivity contribution in [2.75, 3.05) is 13.7 Å². The zero-order valence-electron chi connectivity index (χ0n) is 13.5. The maximum atomic E-state index is 12.3. The molecule has 0 unspecified atom stereocenters. The Morgan fingerprint density at radius 2 is 1.92 bits per heavy atom. The maximum absolute atomic E-state index is 12.3. The van der Waals surface area contributed by atoms with E-state index in [1.165, 1.54) is 7.11 Å². The van der Waals surface area contributed by atoms with Gasteiger partial charge in [0.25, 0.3) is 5.91 Å². The first kappa shape index (κ1) is 17.8. The number of hydrogen-bond donors (Lipinski definition) is 2. The Balaban J connectivity index is 1.88. The van der Waals surface area contributed by atoms with Crippen LogP contribution in [0.4, 0.5) is 0 Å². The Kier molecular flexibility index (Phi) is 6.17. The molecule has 0 heterocycles. The van der Waals surface area contributed by atoms with Crippen molar-refractivity contribution >= 4 is 17.8 Å². The van der Waals surface area contributed by atoms with Crippen LogP contribution in [0, 0.1) is 5.92 Å². The normalized spacial score (nSPS) is 20.0. The van der Waals surface area contributed by atoms with Gasteiger partial charge in [0.2, 0.25) is 0 Å². The molecule has 1 aliphatic rings. The molecule has 130 valence electrons. The number of amides is 1. The van der Waals surface area contributed by atoms with Gasteiger partial charge in [0.05, 0.1) is 13.0 Å². The molecular weight excluding hydrogens is 314 g/mol. The van der Waals surface area contributed by atoms with Crippen LogP contribution >= 0.6 is 0 Å². The van der Waals surface area contributed by atoms with E-state index in [0.29, 0.717) is 37.0 Å². The first-order valence-corrected chi connectivity index (χ1v) is 7.83. The molecule has 0 saturated heterocycles. The van der Waals surface area contributed by atoms with Crippen LogP contribution in [0.25, 0.3) is 0 Å². The third-order valence-electron chi connectivity index (χ3n) is 4.09. The molecule has 0 bridgehead atoms. The van der Waals surface area contributed by atoms with Gasteiger partial charge >= 0.3 is 11.9 Å². The summed E-state index contributed by atoms with van der Waals surface area (Å²) in [6, 6.07) is 6.51. The Bertz CT molecular complexity index is 607. The molecule has 1 saturated carbocycles. The second kappa shape index (κ2) is 8.33. The van der Waals surface area contributed by atoms with Crippen LogP contribution in [0.2, 0.25) is 0 Å². The fraction of sp³-hybridized carbons (Fsp3) is 0.471. The molecule has 1 aromatic rings. The number of benzene rings is 1. The van der Waals surface area contributed by atoms with Gasteiger partial charge in [-0.25, -0.2) is 4.79 Å². The lowest BCUT2D eigenvalue weighted by Gasteiger charge is -2.26. The SMILES string of the molecule is COC(=O)COc1cccc(C(=O)NC2CCC(C(=O)O)CC2)c1. The summed E-state index contributed by atoms with van der Waals surface area (Å²) in [6.45, 7) is -0.221. The lowest BCUT2D eigenvalue weighted by Crippen LogP contribution is -2.38. The predicted molar refractivity (Wildman–Crippen MR) is 84.8 cm³/mol. The van der Waals surface area contributed by atoms with Crippen molar-refractivity contribution in [1.29, 1.82) is 0 Å². The largest absolute Gasteiger partial charge is 0.482 e. The van der Waals surface area contributed by atoms with Crippen molar-refractivity contribution in [3.63, 3.8) is 0 Å². The number of carboxylic acid groups (broad SMARTS) is 1. The monoisotopic (exact) mass is 335 g/mol. The molecule has 1 aromatic carbocycles. The van der Waals surface area contributed by atoms with Crippen molar-refractivity contribution in [2.24, 2.45) is 5.92 Å². The number of rotatable bonds is 6. The zero-order chi connectivity index (χ0) is 17.5. The van der Waals surface area contributed by atoms with Gasteiger partial charge in [0.15, 0.2) is 6.61 Å². The highest BCUT2D eigenvalue weighted by atomic mass is 16.6. The summed E-state index contributed by atoms with van der Waals surface area (Å²) in [4.78, 5) is 34.3. The van der Waals surface area contributed by atoms with E-state index in [9.17, 15) is 14.4 Å². The number of ether oxygens (including phenoxy) is 2. The molecule has 7 nitrogen and oxygen atoms in total. The summed E-state index contributed by atoms with van der Waals surface area (Å²) in [5, 5.41) is 11.9. The zero-order valence-corrected chi connectivity index (χ0v) is 13.5. The minimum absolute atomic E-state index is 0.0206. The Hall–Kier alpha value is -2.57. The van der Waals surface area contributed by atoms with Crippen molar-refractivity contribution in [3.05, 3.63) is 29.8 Å². The van der Waals surface area contributed by atoms with Crippen LogP contribution in [0.15, 0.2) is 24.3 Å². The van der Waals surface area contributed by atoms with Crippen LogP contribution in [0.1, 0.15) is 36.0 Å². The van der Waals surface area contributed by atoms with E-state index >= 15 is 0 Å². The molecule has 0 aromatic heterocycles. The molecule has 24 heavy (non-hydrogen) atoms. The number of methoxy groups -OCH3 is 1. The second-order valence-electron chi connectivity index (χ2n) is 5.75. The van der Waals surface area contributed by atoms with Crippen LogP contribution in [-0.4, -0.2) is 42.7 Å². The number of aliphatic carboxylic acids is 1. The number of carboxylic acids is 1. The number of nitrogens with one attached hydrogen (secondary N) is 1. The molecular formula is C17H21NO6. The molecule has 2 rings (SSSR count). The van der Waals surface area contributed by atoms with E-state index in [4.69, 9.17) is 9.84 Å². The highest BCUT2D eigenvalue weighted by molar-refractivity contribution is 5.94. The topological polar surface area (TPSA) is 102 Å². The minimum Gasteiger partial charge on any atom is -0.482 e. The maximum Gasteiger partial charge on any atom is 0.343 e. The molecule has 1 fully saturated rings. The molecule has 1 amide bonds. The average Bonchev–Trinajstić information content (AvgIpc) is 2.60. The third-order valence-corrected chi connectivity index (χ3v) is 4.09. The van der Waals surface area contributed by atoms with Gasteiger partial charge < -0.3 is 19.9 Å². The second-order valence-corrected chi connectivity index (χ2v) is 5.75. The van der Waals surface area contributed by atoms with Gasteiger partial charge in [0.1, 0.15) is 5.75 Å². The quantitative estimate of drug-likeness (QED) is 0.766. The van der Waals surface area contributed by atoms with Crippen LogP contribution in [0.3, 0.4) is 0 Å². The van der Waals surface area contributed by atoms with E-state index in [2.05, 4.69) is 10.1 Å². The Morgan fingerprint density at radius 1 is 1.21 bits per heavy atom. The summed E-state index contributed by atoms with van der Waals surface area (Å²) in [5.41, 5.74) is 0.428. The van der Waals surface area contributed by atoms with Crippen molar-refractivity contribution in [3.8, 4) is 5.75 Å². The van der Waals surface area contributed by atoms with E-state index < -0.39 is 11.9 Å². The lowest BCUT2D eigenvalue weighted by molar-refractivity contribution is -0.143. The average molecular weight is 335 g/mol.